The van der Waals surface area contributed by atoms with Crippen molar-refractivity contribution in [3.05, 3.63) is 65.0 Å². The summed E-state index contributed by atoms with van der Waals surface area (Å²) in [6, 6.07) is 15.5. The van der Waals surface area contributed by atoms with Crippen LogP contribution in [-0.2, 0) is 11.2 Å². The first-order valence-corrected chi connectivity index (χ1v) is 9.44. The molecule has 0 bridgehead atoms. The SMILES string of the molecule is O=C(CCc1ccc(Cl)cc1)N1CCCC(c2nc3ccccc3o2)C1. The van der Waals surface area contributed by atoms with Gasteiger partial charge in [-0.25, -0.2) is 4.98 Å². The van der Waals surface area contributed by atoms with Gasteiger partial charge in [0, 0.05) is 24.5 Å². The molecular formula is C21H21ClN2O2. The maximum Gasteiger partial charge on any atom is 0.222 e. The zero-order chi connectivity index (χ0) is 17.9. The number of carbonyl (C=O) groups is 1. The van der Waals surface area contributed by atoms with E-state index in [-0.39, 0.29) is 11.8 Å². The molecule has 0 radical (unpaired) electrons. The largest absolute Gasteiger partial charge is 0.440 e. The normalized spacial score (nSPS) is 17.6. The molecule has 1 fully saturated rings. The molecule has 26 heavy (non-hydrogen) atoms. The van der Waals surface area contributed by atoms with Gasteiger partial charge >= 0.3 is 0 Å². The molecule has 2 heterocycles. The summed E-state index contributed by atoms with van der Waals surface area (Å²) in [5.74, 6) is 1.12. The van der Waals surface area contributed by atoms with Crippen molar-refractivity contribution in [3.63, 3.8) is 0 Å². The van der Waals surface area contributed by atoms with Crippen LogP contribution in [0.2, 0.25) is 5.02 Å². The second-order valence-corrected chi connectivity index (χ2v) is 7.26. The standard InChI is InChI=1S/C21H21ClN2O2/c22-17-10-7-15(8-11-17)9-12-20(25)24-13-3-4-16(14-24)21-23-18-5-1-2-6-19(18)26-21/h1-2,5-8,10-11,16H,3-4,9,12-14H2. The Morgan fingerprint density at radius 3 is 2.81 bits per heavy atom. The molecule has 2 aromatic carbocycles. The fourth-order valence-corrected chi connectivity index (χ4v) is 3.66. The number of hydrogen-bond acceptors (Lipinski definition) is 3. The Morgan fingerprint density at radius 2 is 2.00 bits per heavy atom. The first kappa shape index (κ1) is 17.1. The van der Waals surface area contributed by atoms with Gasteiger partial charge in [-0.15, -0.1) is 0 Å². The van der Waals surface area contributed by atoms with Crippen LogP contribution in [0.5, 0.6) is 0 Å². The molecule has 1 atom stereocenters. The molecular weight excluding hydrogens is 348 g/mol. The Kier molecular flexibility index (Phi) is 4.93. The molecule has 5 heteroatoms. The lowest BCUT2D eigenvalue weighted by Crippen LogP contribution is -2.39. The van der Waals surface area contributed by atoms with Crippen molar-refractivity contribution in [1.29, 1.82) is 0 Å². The lowest BCUT2D eigenvalue weighted by Gasteiger charge is -2.31. The minimum absolute atomic E-state index is 0.177. The summed E-state index contributed by atoms with van der Waals surface area (Å²) in [6.07, 6.45) is 3.24. The molecule has 3 aromatic rings. The molecule has 1 aliphatic rings. The number of carbonyl (C=O) groups excluding carboxylic acids is 1. The molecule has 1 amide bonds. The highest BCUT2D eigenvalue weighted by molar-refractivity contribution is 6.30. The third kappa shape index (κ3) is 3.75. The van der Waals surface area contributed by atoms with Crippen LogP contribution in [0.1, 0.15) is 36.6 Å². The third-order valence-corrected chi connectivity index (χ3v) is 5.23. The molecule has 1 unspecified atom stereocenters. The van der Waals surface area contributed by atoms with E-state index in [1.807, 2.05) is 53.4 Å². The van der Waals surface area contributed by atoms with E-state index < -0.39 is 0 Å². The fraction of sp³-hybridized carbons (Fsp3) is 0.333. The molecule has 0 N–H and O–H groups in total. The molecule has 0 saturated carbocycles. The number of hydrogen-bond donors (Lipinski definition) is 0. The van der Waals surface area contributed by atoms with Gasteiger partial charge in [-0.1, -0.05) is 35.9 Å². The Morgan fingerprint density at radius 1 is 1.19 bits per heavy atom. The Labute approximate surface area is 157 Å². The number of likely N-dealkylation sites (tertiary alicyclic amines) is 1. The average molecular weight is 369 g/mol. The third-order valence-electron chi connectivity index (χ3n) is 4.97. The van der Waals surface area contributed by atoms with Gasteiger partial charge in [0.25, 0.3) is 0 Å². The summed E-state index contributed by atoms with van der Waals surface area (Å²) in [5, 5.41) is 0.720. The lowest BCUT2D eigenvalue weighted by molar-refractivity contribution is -0.132. The van der Waals surface area contributed by atoms with Crippen LogP contribution in [0, 0.1) is 0 Å². The van der Waals surface area contributed by atoms with Gasteiger partial charge in [-0.2, -0.15) is 0 Å². The van der Waals surface area contributed by atoms with Crippen LogP contribution in [0.25, 0.3) is 11.1 Å². The van der Waals surface area contributed by atoms with Gasteiger partial charge < -0.3 is 9.32 Å². The van der Waals surface area contributed by atoms with Crippen LogP contribution in [0.15, 0.2) is 52.9 Å². The van der Waals surface area contributed by atoms with Crippen LogP contribution in [0.4, 0.5) is 0 Å². The van der Waals surface area contributed by atoms with Crippen molar-refractivity contribution in [2.75, 3.05) is 13.1 Å². The summed E-state index contributed by atoms with van der Waals surface area (Å²) < 4.78 is 5.91. The summed E-state index contributed by atoms with van der Waals surface area (Å²) in [6.45, 7) is 1.50. The van der Waals surface area contributed by atoms with Crippen molar-refractivity contribution in [2.45, 2.75) is 31.6 Å². The average Bonchev–Trinajstić information content (AvgIpc) is 3.12. The zero-order valence-electron chi connectivity index (χ0n) is 14.5. The molecule has 1 saturated heterocycles. The number of benzene rings is 2. The lowest BCUT2D eigenvalue weighted by atomic mass is 9.97. The minimum Gasteiger partial charge on any atom is -0.440 e. The second kappa shape index (κ2) is 7.50. The van der Waals surface area contributed by atoms with Crippen molar-refractivity contribution in [3.8, 4) is 0 Å². The predicted octanol–water partition coefficient (Wildman–Crippen LogP) is 4.82. The number of oxazole rings is 1. The first-order valence-electron chi connectivity index (χ1n) is 9.07. The topological polar surface area (TPSA) is 46.3 Å². The number of rotatable bonds is 4. The van der Waals surface area contributed by atoms with Gasteiger partial charge in [0.1, 0.15) is 5.52 Å². The van der Waals surface area contributed by atoms with Gasteiger partial charge in [-0.05, 0) is 49.1 Å². The molecule has 1 aromatic heterocycles. The van der Waals surface area contributed by atoms with Gasteiger partial charge in [0.15, 0.2) is 11.5 Å². The second-order valence-electron chi connectivity index (χ2n) is 6.83. The summed E-state index contributed by atoms with van der Waals surface area (Å²) in [5.41, 5.74) is 2.83. The number of aromatic nitrogens is 1. The van der Waals surface area contributed by atoms with E-state index in [1.54, 1.807) is 0 Å². The molecule has 0 aliphatic carbocycles. The molecule has 0 spiro atoms. The van der Waals surface area contributed by atoms with E-state index in [2.05, 4.69) is 4.98 Å². The predicted molar refractivity (Wildman–Crippen MR) is 102 cm³/mol. The van der Waals surface area contributed by atoms with E-state index in [4.69, 9.17) is 16.0 Å². The van der Waals surface area contributed by atoms with Crippen LogP contribution >= 0.6 is 11.6 Å². The highest BCUT2D eigenvalue weighted by Crippen LogP contribution is 2.29. The number of aryl methyl sites for hydroxylation is 1. The number of nitrogens with zero attached hydrogens (tertiary/aromatic N) is 2. The van der Waals surface area contributed by atoms with Crippen molar-refractivity contribution in [1.82, 2.24) is 9.88 Å². The first-order chi connectivity index (χ1) is 12.7. The number of halogens is 1. The van der Waals surface area contributed by atoms with Crippen LogP contribution in [0.3, 0.4) is 0 Å². The van der Waals surface area contributed by atoms with Gasteiger partial charge in [0.2, 0.25) is 5.91 Å². The number of fused-ring (bicyclic) bond motifs is 1. The molecule has 1 aliphatic heterocycles. The van der Waals surface area contributed by atoms with E-state index >= 15 is 0 Å². The zero-order valence-corrected chi connectivity index (χ0v) is 15.3. The Hall–Kier alpha value is -2.33. The summed E-state index contributed by atoms with van der Waals surface area (Å²) >= 11 is 5.91. The fourth-order valence-electron chi connectivity index (χ4n) is 3.53. The number of amides is 1. The Balaban J connectivity index is 1.39. The molecule has 134 valence electrons. The molecule has 4 nitrogen and oxygen atoms in total. The van der Waals surface area contributed by atoms with E-state index in [1.165, 1.54) is 0 Å². The van der Waals surface area contributed by atoms with Crippen molar-refractivity contribution >= 4 is 28.6 Å². The highest BCUT2D eigenvalue weighted by atomic mass is 35.5. The van der Waals surface area contributed by atoms with Crippen LogP contribution < -0.4 is 0 Å². The van der Waals surface area contributed by atoms with E-state index in [0.717, 1.165) is 53.4 Å². The quantitative estimate of drug-likeness (QED) is 0.663. The van der Waals surface area contributed by atoms with E-state index in [9.17, 15) is 4.79 Å². The summed E-state index contributed by atoms with van der Waals surface area (Å²) in [4.78, 5) is 19.2. The maximum atomic E-state index is 12.6. The monoisotopic (exact) mass is 368 g/mol. The Bertz CT molecular complexity index is 871. The summed E-state index contributed by atoms with van der Waals surface area (Å²) in [7, 11) is 0. The maximum absolute atomic E-state index is 12.6. The smallest absolute Gasteiger partial charge is 0.222 e. The number of piperidine rings is 1. The van der Waals surface area contributed by atoms with E-state index in [0.29, 0.717) is 13.0 Å². The van der Waals surface area contributed by atoms with Gasteiger partial charge in [0.05, 0.1) is 5.92 Å². The molecule has 4 rings (SSSR count). The van der Waals surface area contributed by atoms with Crippen molar-refractivity contribution < 1.29 is 9.21 Å². The van der Waals surface area contributed by atoms with Crippen LogP contribution in [-0.4, -0.2) is 28.9 Å². The minimum atomic E-state index is 0.177. The number of para-hydroxylation sites is 2. The van der Waals surface area contributed by atoms with Crippen molar-refractivity contribution in [2.24, 2.45) is 0 Å². The highest BCUT2D eigenvalue weighted by Gasteiger charge is 2.27. The van der Waals surface area contributed by atoms with Gasteiger partial charge in [-0.3, -0.25) is 4.79 Å².